The summed E-state index contributed by atoms with van der Waals surface area (Å²) < 4.78 is 0. The summed E-state index contributed by atoms with van der Waals surface area (Å²) in [6.45, 7) is 1.28. The number of benzene rings is 1. The van der Waals surface area contributed by atoms with Crippen molar-refractivity contribution in [3.05, 3.63) is 35.4 Å². The molecule has 1 N–H and O–H groups in total. The summed E-state index contributed by atoms with van der Waals surface area (Å²) in [7, 11) is 0. The van der Waals surface area contributed by atoms with Gasteiger partial charge in [0.05, 0.1) is 0 Å². The highest BCUT2D eigenvalue weighted by atomic mass is 16.2. The van der Waals surface area contributed by atoms with Crippen LogP contribution in [0.1, 0.15) is 43.2 Å². The van der Waals surface area contributed by atoms with E-state index in [4.69, 9.17) is 0 Å². The van der Waals surface area contributed by atoms with E-state index in [1.165, 1.54) is 0 Å². The quantitative estimate of drug-likeness (QED) is 0.834. The molecule has 1 aromatic carbocycles. The average molecular weight is 341 g/mol. The van der Waals surface area contributed by atoms with Crippen LogP contribution in [0.5, 0.6) is 0 Å². The van der Waals surface area contributed by atoms with Crippen LogP contribution in [0.15, 0.2) is 24.3 Å². The van der Waals surface area contributed by atoms with Crippen molar-refractivity contribution in [2.45, 2.75) is 44.1 Å². The minimum absolute atomic E-state index is 0.135. The molecule has 4 amide bonds. The van der Waals surface area contributed by atoms with Crippen LogP contribution in [0.4, 0.5) is 4.79 Å². The number of nitrogens with one attached hydrogen (secondary N) is 1. The van der Waals surface area contributed by atoms with E-state index >= 15 is 0 Å². The maximum Gasteiger partial charge on any atom is 0.325 e. The van der Waals surface area contributed by atoms with Crippen LogP contribution < -0.4 is 5.32 Å². The van der Waals surface area contributed by atoms with Crippen LogP contribution in [-0.2, 0) is 21.5 Å². The Morgan fingerprint density at radius 3 is 2.64 bits per heavy atom. The zero-order chi connectivity index (χ0) is 17.4. The van der Waals surface area contributed by atoms with E-state index < -0.39 is 11.6 Å². The number of nitrogens with zero attached hydrogens (tertiary/aromatic N) is 2. The molecule has 2 aliphatic heterocycles. The number of carbonyl (C=O) groups excluding carboxylic acids is 3. The molecule has 1 atom stereocenters. The first-order valence-electron chi connectivity index (χ1n) is 9.12. The number of hydrogen-bond donors (Lipinski definition) is 1. The molecular formula is C19H23N3O3. The highest BCUT2D eigenvalue weighted by Crippen LogP contribution is 2.39. The molecule has 0 bridgehead atoms. The van der Waals surface area contributed by atoms with Crippen LogP contribution in [0.3, 0.4) is 0 Å². The molecule has 2 fully saturated rings. The molecule has 3 aliphatic rings. The number of hydrogen-bond acceptors (Lipinski definition) is 3. The van der Waals surface area contributed by atoms with E-state index in [0.717, 1.165) is 61.2 Å². The summed E-state index contributed by atoms with van der Waals surface area (Å²) in [5, 5.41) is 2.90. The van der Waals surface area contributed by atoms with Gasteiger partial charge in [0.15, 0.2) is 0 Å². The van der Waals surface area contributed by atoms with Crippen molar-refractivity contribution in [1.29, 1.82) is 0 Å². The van der Waals surface area contributed by atoms with Crippen molar-refractivity contribution in [1.82, 2.24) is 15.1 Å². The largest absolute Gasteiger partial charge is 0.341 e. The van der Waals surface area contributed by atoms with Crippen molar-refractivity contribution in [2.24, 2.45) is 0 Å². The van der Waals surface area contributed by atoms with Gasteiger partial charge in [-0.1, -0.05) is 24.3 Å². The van der Waals surface area contributed by atoms with Crippen LogP contribution in [0, 0.1) is 0 Å². The van der Waals surface area contributed by atoms with E-state index in [0.29, 0.717) is 6.42 Å². The molecule has 1 spiro atoms. The maximum absolute atomic E-state index is 13.1. The van der Waals surface area contributed by atoms with Gasteiger partial charge in [0.2, 0.25) is 5.91 Å². The standard InChI is InChI=1S/C19H23N3O3/c23-16(21-11-4-1-5-12-21)13-22-17(24)19(20-18(22)25)10-6-8-14-7-2-3-9-15(14)19/h2-3,7,9H,1,4-6,8,10-13H2,(H,20,25)/t19-/m0/s1. The lowest BCUT2D eigenvalue weighted by molar-refractivity contribution is -0.140. The first-order chi connectivity index (χ1) is 12.1. The van der Waals surface area contributed by atoms with E-state index in [2.05, 4.69) is 5.32 Å². The number of piperidine rings is 1. The molecule has 1 aliphatic carbocycles. The average Bonchev–Trinajstić information content (AvgIpc) is 2.88. The van der Waals surface area contributed by atoms with Crippen molar-refractivity contribution in [2.75, 3.05) is 19.6 Å². The van der Waals surface area contributed by atoms with Gasteiger partial charge in [0.25, 0.3) is 5.91 Å². The fourth-order valence-corrected chi connectivity index (χ4v) is 4.33. The number of aryl methyl sites for hydroxylation is 1. The Balaban J connectivity index is 1.58. The Kier molecular flexibility index (Phi) is 3.98. The third-order valence-electron chi connectivity index (χ3n) is 5.65. The van der Waals surface area contributed by atoms with Crippen LogP contribution in [0.25, 0.3) is 0 Å². The second-order valence-corrected chi connectivity index (χ2v) is 7.18. The number of amides is 4. The Bertz CT molecular complexity index is 726. The molecule has 25 heavy (non-hydrogen) atoms. The molecule has 4 rings (SSSR count). The van der Waals surface area contributed by atoms with Crippen LogP contribution >= 0.6 is 0 Å². The monoisotopic (exact) mass is 341 g/mol. The van der Waals surface area contributed by atoms with E-state index in [9.17, 15) is 14.4 Å². The van der Waals surface area contributed by atoms with Gasteiger partial charge >= 0.3 is 6.03 Å². The second-order valence-electron chi connectivity index (χ2n) is 7.18. The Hall–Kier alpha value is -2.37. The van der Waals surface area contributed by atoms with Gasteiger partial charge in [0, 0.05) is 13.1 Å². The zero-order valence-corrected chi connectivity index (χ0v) is 14.3. The van der Waals surface area contributed by atoms with Crippen molar-refractivity contribution < 1.29 is 14.4 Å². The van der Waals surface area contributed by atoms with Gasteiger partial charge in [-0.3, -0.25) is 14.5 Å². The van der Waals surface area contributed by atoms with Crippen LogP contribution in [-0.4, -0.2) is 47.3 Å². The number of carbonyl (C=O) groups is 3. The van der Waals surface area contributed by atoms with Gasteiger partial charge < -0.3 is 10.2 Å². The summed E-state index contributed by atoms with van der Waals surface area (Å²) in [4.78, 5) is 41.0. The topological polar surface area (TPSA) is 69.7 Å². The molecule has 6 nitrogen and oxygen atoms in total. The fourth-order valence-electron chi connectivity index (χ4n) is 4.33. The summed E-state index contributed by atoms with van der Waals surface area (Å²) in [6.07, 6.45) is 5.45. The predicted molar refractivity (Wildman–Crippen MR) is 91.7 cm³/mol. The fraction of sp³-hybridized carbons (Fsp3) is 0.526. The summed E-state index contributed by atoms with van der Waals surface area (Å²) in [5.74, 6) is -0.417. The van der Waals surface area contributed by atoms with Gasteiger partial charge in [-0.15, -0.1) is 0 Å². The molecule has 0 radical (unpaired) electrons. The maximum atomic E-state index is 13.1. The summed E-state index contributed by atoms with van der Waals surface area (Å²) >= 11 is 0. The number of likely N-dealkylation sites (tertiary alicyclic amines) is 1. The second kappa shape index (κ2) is 6.17. The van der Waals surface area contributed by atoms with E-state index in [1.54, 1.807) is 4.90 Å². The van der Waals surface area contributed by atoms with Gasteiger partial charge in [-0.05, 0) is 49.7 Å². The lowest BCUT2D eigenvalue weighted by atomic mass is 9.76. The number of rotatable bonds is 2. The normalized spacial score (nSPS) is 25.9. The molecule has 6 heteroatoms. The third-order valence-corrected chi connectivity index (χ3v) is 5.65. The molecule has 0 aromatic heterocycles. The summed E-state index contributed by atoms with van der Waals surface area (Å²) in [5.41, 5.74) is 0.993. The van der Waals surface area contributed by atoms with Crippen molar-refractivity contribution in [3.63, 3.8) is 0 Å². The van der Waals surface area contributed by atoms with Gasteiger partial charge in [0.1, 0.15) is 12.1 Å². The first kappa shape index (κ1) is 16.1. The SMILES string of the molecule is O=C(CN1C(=O)N[C@]2(CCCc3ccccc32)C1=O)N1CCCCC1. The Labute approximate surface area is 147 Å². The highest BCUT2D eigenvalue weighted by Gasteiger charge is 2.54. The zero-order valence-electron chi connectivity index (χ0n) is 14.3. The van der Waals surface area contributed by atoms with E-state index in [-0.39, 0.29) is 18.4 Å². The molecule has 132 valence electrons. The van der Waals surface area contributed by atoms with Gasteiger partial charge in [-0.25, -0.2) is 4.79 Å². The molecule has 2 saturated heterocycles. The lowest BCUT2D eigenvalue weighted by Gasteiger charge is -2.33. The number of fused-ring (bicyclic) bond motifs is 2. The minimum atomic E-state index is -0.992. The molecule has 2 heterocycles. The van der Waals surface area contributed by atoms with Crippen LogP contribution in [0.2, 0.25) is 0 Å². The molecule has 1 aromatic rings. The van der Waals surface area contributed by atoms with Gasteiger partial charge in [-0.2, -0.15) is 0 Å². The lowest BCUT2D eigenvalue weighted by Crippen LogP contribution is -2.48. The Morgan fingerprint density at radius 1 is 1.08 bits per heavy atom. The smallest absolute Gasteiger partial charge is 0.325 e. The van der Waals surface area contributed by atoms with Crippen molar-refractivity contribution in [3.8, 4) is 0 Å². The minimum Gasteiger partial charge on any atom is -0.341 e. The number of imide groups is 1. The number of urea groups is 1. The Morgan fingerprint density at radius 2 is 1.84 bits per heavy atom. The molecule has 0 saturated carbocycles. The third kappa shape index (κ3) is 2.60. The van der Waals surface area contributed by atoms with Crippen molar-refractivity contribution >= 4 is 17.8 Å². The predicted octanol–water partition coefficient (Wildman–Crippen LogP) is 1.78. The highest BCUT2D eigenvalue weighted by molar-refractivity contribution is 6.09. The van der Waals surface area contributed by atoms with E-state index in [1.807, 2.05) is 24.3 Å². The molecule has 0 unspecified atom stereocenters. The first-order valence-corrected chi connectivity index (χ1v) is 9.12. The summed E-state index contributed by atoms with van der Waals surface area (Å²) in [6, 6.07) is 7.33. The molecular weight excluding hydrogens is 318 g/mol.